The maximum absolute atomic E-state index is 12.3. The van der Waals surface area contributed by atoms with Crippen molar-refractivity contribution in [1.82, 2.24) is 0 Å². The molecule has 3 aromatic rings. The van der Waals surface area contributed by atoms with Gasteiger partial charge in [0, 0.05) is 10.2 Å². The smallest absolute Gasteiger partial charge is 0.291 e. The van der Waals surface area contributed by atoms with Gasteiger partial charge in [-0.3, -0.25) is 4.79 Å². The number of carbonyl (C=O) groups excluding carboxylic acids is 1. The first kappa shape index (κ1) is 18.1. The standard InChI is InChI=1S/C20H18BrNO4/c1-13-11-14(7-9-16(13)21)22-20(23)19-10-8-15(26-19)12-25-18-6-4-3-5-17(18)24-2/h3-11H,12H2,1-2H3,(H,22,23). The van der Waals surface area contributed by atoms with Gasteiger partial charge in [-0.05, 0) is 55.0 Å². The van der Waals surface area contributed by atoms with Gasteiger partial charge in [-0.1, -0.05) is 28.1 Å². The Kier molecular flexibility index (Phi) is 5.63. The molecule has 134 valence electrons. The van der Waals surface area contributed by atoms with Gasteiger partial charge < -0.3 is 19.2 Å². The molecule has 6 heteroatoms. The number of anilines is 1. The molecule has 0 aliphatic carbocycles. The van der Waals surface area contributed by atoms with Crippen LogP contribution in [0.2, 0.25) is 0 Å². The van der Waals surface area contributed by atoms with Gasteiger partial charge in [-0.25, -0.2) is 0 Å². The molecule has 0 saturated heterocycles. The molecule has 5 nitrogen and oxygen atoms in total. The highest BCUT2D eigenvalue weighted by Gasteiger charge is 2.13. The summed E-state index contributed by atoms with van der Waals surface area (Å²) in [6.07, 6.45) is 0. The lowest BCUT2D eigenvalue weighted by molar-refractivity contribution is 0.0992. The van der Waals surface area contributed by atoms with E-state index in [2.05, 4.69) is 21.2 Å². The fourth-order valence-electron chi connectivity index (χ4n) is 2.38. The summed E-state index contributed by atoms with van der Waals surface area (Å²) in [4.78, 5) is 12.3. The van der Waals surface area contributed by atoms with Crippen LogP contribution < -0.4 is 14.8 Å². The normalized spacial score (nSPS) is 10.4. The number of furan rings is 1. The summed E-state index contributed by atoms with van der Waals surface area (Å²) in [5.41, 5.74) is 1.74. The molecule has 26 heavy (non-hydrogen) atoms. The minimum Gasteiger partial charge on any atom is -0.493 e. The zero-order chi connectivity index (χ0) is 18.5. The van der Waals surface area contributed by atoms with E-state index >= 15 is 0 Å². The molecule has 0 spiro atoms. The highest BCUT2D eigenvalue weighted by atomic mass is 79.9. The predicted molar refractivity (Wildman–Crippen MR) is 103 cm³/mol. The average molecular weight is 416 g/mol. The number of aryl methyl sites for hydroxylation is 1. The molecule has 0 atom stereocenters. The molecule has 1 amide bonds. The SMILES string of the molecule is COc1ccccc1OCc1ccc(C(=O)Nc2ccc(Br)c(C)c2)o1. The molecule has 1 N–H and O–H groups in total. The zero-order valence-corrected chi connectivity index (χ0v) is 16.0. The molecule has 0 unspecified atom stereocenters. The van der Waals surface area contributed by atoms with Crippen LogP contribution in [0.15, 0.2) is 63.5 Å². The number of para-hydroxylation sites is 2. The Bertz CT molecular complexity index is 920. The van der Waals surface area contributed by atoms with Crippen molar-refractivity contribution in [3.8, 4) is 11.5 Å². The Hall–Kier alpha value is -2.73. The summed E-state index contributed by atoms with van der Waals surface area (Å²) < 4.78 is 17.5. The van der Waals surface area contributed by atoms with Gasteiger partial charge in [-0.15, -0.1) is 0 Å². The van der Waals surface area contributed by atoms with E-state index in [0.717, 1.165) is 10.0 Å². The molecular weight excluding hydrogens is 398 g/mol. The van der Waals surface area contributed by atoms with Crippen LogP contribution in [0.5, 0.6) is 11.5 Å². The van der Waals surface area contributed by atoms with E-state index in [0.29, 0.717) is 22.9 Å². The van der Waals surface area contributed by atoms with Crippen molar-refractivity contribution in [2.75, 3.05) is 12.4 Å². The van der Waals surface area contributed by atoms with Crippen molar-refractivity contribution in [1.29, 1.82) is 0 Å². The van der Waals surface area contributed by atoms with Crippen molar-refractivity contribution in [2.45, 2.75) is 13.5 Å². The van der Waals surface area contributed by atoms with Crippen molar-refractivity contribution in [3.63, 3.8) is 0 Å². The molecule has 2 aromatic carbocycles. The third kappa shape index (κ3) is 4.26. The lowest BCUT2D eigenvalue weighted by atomic mass is 10.2. The molecule has 0 fully saturated rings. The molecule has 0 saturated carbocycles. The molecular formula is C20H18BrNO4. The monoisotopic (exact) mass is 415 g/mol. The minimum atomic E-state index is -0.310. The fraction of sp³-hybridized carbons (Fsp3) is 0.150. The van der Waals surface area contributed by atoms with Gasteiger partial charge in [0.25, 0.3) is 5.91 Å². The topological polar surface area (TPSA) is 60.7 Å². The molecule has 0 radical (unpaired) electrons. The quantitative estimate of drug-likeness (QED) is 0.601. The van der Waals surface area contributed by atoms with Gasteiger partial charge in [0.2, 0.25) is 0 Å². The number of ether oxygens (including phenoxy) is 2. The Morgan fingerprint density at radius 3 is 2.62 bits per heavy atom. The number of rotatable bonds is 6. The summed E-state index contributed by atoms with van der Waals surface area (Å²) in [7, 11) is 1.58. The Morgan fingerprint density at radius 1 is 1.12 bits per heavy atom. The second-order valence-electron chi connectivity index (χ2n) is 5.62. The van der Waals surface area contributed by atoms with Crippen LogP contribution in [-0.4, -0.2) is 13.0 Å². The lowest BCUT2D eigenvalue weighted by Crippen LogP contribution is -2.11. The lowest BCUT2D eigenvalue weighted by Gasteiger charge is -2.09. The number of amides is 1. The van der Waals surface area contributed by atoms with E-state index in [1.165, 1.54) is 0 Å². The summed E-state index contributed by atoms with van der Waals surface area (Å²) in [6, 6.07) is 16.3. The van der Waals surface area contributed by atoms with Crippen molar-refractivity contribution in [3.05, 3.63) is 76.2 Å². The number of hydrogen-bond donors (Lipinski definition) is 1. The van der Waals surface area contributed by atoms with E-state index in [9.17, 15) is 4.79 Å². The van der Waals surface area contributed by atoms with E-state index < -0.39 is 0 Å². The molecule has 0 aliphatic heterocycles. The van der Waals surface area contributed by atoms with E-state index in [1.54, 1.807) is 19.2 Å². The summed E-state index contributed by atoms with van der Waals surface area (Å²) in [5.74, 6) is 1.72. The Morgan fingerprint density at radius 2 is 1.88 bits per heavy atom. The van der Waals surface area contributed by atoms with Crippen molar-refractivity contribution in [2.24, 2.45) is 0 Å². The van der Waals surface area contributed by atoms with E-state index in [1.807, 2.05) is 49.4 Å². The fourth-order valence-corrected chi connectivity index (χ4v) is 2.63. The van der Waals surface area contributed by atoms with Crippen LogP contribution >= 0.6 is 15.9 Å². The molecule has 1 aromatic heterocycles. The zero-order valence-electron chi connectivity index (χ0n) is 14.4. The first-order chi connectivity index (χ1) is 12.6. The second kappa shape index (κ2) is 8.10. The van der Waals surface area contributed by atoms with Crippen molar-refractivity contribution < 1.29 is 18.7 Å². The molecule has 0 aliphatic rings. The number of methoxy groups -OCH3 is 1. The number of benzene rings is 2. The van der Waals surface area contributed by atoms with Crippen LogP contribution in [0, 0.1) is 6.92 Å². The van der Waals surface area contributed by atoms with Crippen LogP contribution in [0.4, 0.5) is 5.69 Å². The number of halogens is 1. The first-order valence-corrected chi connectivity index (χ1v) is 8.78. The minimum absolute atomic E-state index is 0.199. The summed E-state index contributed by atoms with van der Waals surface area (Å²) >= 11 is 3.44. The van der Waals surface area contributed by atoms with Gasteiger partial charge in [0.05, 0.1) is 7.11 Å². The molecule has 3 rings (SSSR count). The van der Waals surface area contributed by atoms with Crippen LogP contribution in [0.1, 0.15) is 21.9 Å². The van der Waals surface area contributed by atoms with Crippen LogP contribution in [0.25, 0.3) is 0 Å². The van der Waals surface area contributed by atoms with E-state index in [-0.39, 0.29) is 18.3 Å². The highest BCUT2D eigenvalue weighted by Crippen LogP contribution is 2.27. The summed E-state index contributed by atoms with van der Waals surface area (Å²) in [6.45, 7) is 2.16. The third-order valence-electron chi connectivity index (χ3n) is 3.74. The second-order valence-corrected chi connectivity index (χ2v) is 6.48. The third-order valence-corrected chi connectivity index (χ3v) is 4.63. The molecule has 0 bridgehead atoms. The highest BCUT2D eigenvalue weighted by molar-refractivity contribution is 9.10. The maximum Gasteiger partial charge on any atom is 0.291 e. The van der Waals surface area contributed by atoms with Crippen LogP contribution in [0.3, 0.4) is 0 Å². The van der Waals surface area contributed by atoms with Gasteiger partial charge in [-0.2, -0.15) is 0 Å². The van der Waals surface area contributed by atoms with Crippen molar-refractivity contribution >= 4 is 27.5 Å². The molecule has 1 heterocycles. The van der Waals surface area contributed by atoms with E-state index in [4.69, 9.17) is 13.9 Å². The number of carbonyl (C=O) groups is 1. The predicted octanol–water partition coefficient (Wildman–Crippen LogP) is 5.19. The average Bonchev–Trinajstić information content (AvgIpc) is 3.12. The maximum atomic E-state index is 12.3. The Labute approximate surface area is 160 Å². The van der Waals surface area contributed by atoms with Crippen LogP contribution in [-0.2, 0) is 6.61 Å². The van der Waals surface area contributed by atoms with Gasteiger partial charge in [0.15, 0.2) is 17.3 Å². The Balaban J connectivity index is 1.63. The largest absolute Gasteiger partial charge is 0.493 e. The van der Waals surface area contributed by atoms with Gasteiger partial charge >= 0.3 is 0 Å². The first-order valence-electron chi connectivity index (χ1n) is 7.99. The van der Waals surface area contributed by atoms with Gasteiger partial charge in [0.1, 0.15) is 12.4 Å². The number of nitrogens with one attached hydrogen (secondary N) is 1. The number of hydrogen-bond acceptors (Lipinski definition) is 4. The summed E-state index contributed by atoms with van der Waals surface area (Å²) in [5, 5.41) is 2.82.